The van der Waals surface area contributed by atoms with Gasteiger partial charge in [-0.05, 0) is 23.8 Å². The molecule has 0 saturated heterocycles. The van der Waals surface area contributed by atoms with Gasteiger partial charge in [0.25, 0.3) is 0 Å². The fourth-order valence-electron chi connectivity index (χ4n) is 2.13. The van der Waals surface area contributed by atoms with E-state index in [1.54, 1.807) is 14.2 Å². The molecule has 0 radical (unpaired) electrons. The number of pyridine rings is 1. The molecule has 5 heteroatoms. The summed E-state index contributed by atoms with van der Waals surface area (Å²) >= 11 is 0. The van der Waals surface area contributed by atoms with E-state index < -0.39 is 0 Å². The predicted molar refractivity (Wildman–Crippen MR) is 75.3 cm³/mol. The second-order valence-corrected chi connectivity index (χ2v) is 4.44. The minimum Gasteiger partial charge on any atom is -0.497 e. The number of methoxy groups -OCH3 is 2. The van der Waals surface area contributed by atoms with Gasteiger partial charge in [0.2, 0.25) is 0 Å². The maximum atomic E-state index is 5.23. The Morgan fingerprint density at radius 3 is 2.60 bits per heavy atom. The van der Waals surface area contributed by atoms with Crippen LogP contribution in [0, 0.1) is 0 Å². The van der Waals surface area contributed by atoms with Gasteiger partial charge < -0.3 is 9.47 Å². The van der Waals surface area contributed by atoms with Crippen LogP contribution < -0.4 is 9.47 Å². The molecule has 5 nitrogen and oxygen atoms in total. The molecule has 102 valence electrons. The molecule has 0 fully saturated rings. The van der Waals surface area contributed by atoms with Gasteiger partial charge in [-0.15, -0.1) is 10.2 Å². The average Bonchev–Trinajstić information content (AvgIpc) is 2.89. The van der Waals surface area contributed by atoms with Crippen LogP contribution in [0.3, 0.4) is 0 Å². The molecule has 0 aliphatic rings. The molecule has 0 aliphatic heterocycles. The zero-order chi connectivity index (χ0) is 13.9. The van der Waals surface area contributed by atoms with Crippen LogP contribution in [0.15, 0.2) is 42.6 Å². The first-order chi connectivity index (χ1) is 9.80. The first-order valence-corrected chi connectivity index (χ1v) is 6.31. The van der Waals surface area contributed by atoms with Crippen molar-refractivity contribution in [3.8, 4) is 11.5 Å². The van der Waals surface area contributed by atoms with E-state index in [1.807, 2.05) is 47.0 Å². The number of rotatable bonds is 4. The van der Waals surface area contributed by atoms with E-state index in [4.69, 9.17) is 9.47 Å². The Labute approximate surface area is 116 Å². The SMILES string of the molecule is COc1cccc(Cc2nnc3cc(OC)ccn23)c1. The summed E-state index contributed by atoms with van der Waals surface area (Å²) in [5.74, 6) is 2.51. The Balaban J connectivity index is 1.94. The van der Waals surface area contributed by atoms with Crippen molar-refractivity contribution in [2.45, 2.75) is 6.42 Å². The molecule has 0 atom stereocenters. The van der Waals surface area contributed by atoms with Crippen molar-refractivity contribution in [2.75, 3.05) is 14.2 Å². The van der Waals surface area contributed by atoms with Crippen molar-refractivity contribution in [1.29, 1.82) is 0 Å². The van der Waals surface area contributed by atoms with Crippen LogP contribution in [0.4, 0.5) is 0 Å². The maximum Gasteiger partial charge on any atom is 0.164 e. The minimum atomic E-state index is 0.699. The van der Waals surface area contributed by atoms with Gasteiger partial charge in [0, 0.05) is 18.7 Å². The molecule has 0 spiro atoms. The third kappa shape index (κ3) is 2.30. The van der Waals surface area contributed by atoms with Crippen molar-refractivity contribution in [2.24, 2.45) is 0 Å². The Morgan fingerprint density at radius 1 is 1.00 bits per heavy atom. The van der Waals surface area contributed by atoms with Crippen LogP contribution >= 0.6 is 0 Å². The Kier molecular flexibility index (Phi) is 3.25. The van der Waals surface area contributed by atoms with Gasteiger partial charge in [-0.1, -0.05) is 12.1 Å². The molecule has 0 unspecified atom stereocenters. The summed E-state index contributed by atoms with van der Waals surface area (Å²) in [5, 5.41) is 8.41. The van der Waals surface area contributed by atoms with Gasteiger partial charge in [0.05, 0.1) is 14.2 Å². The lowest BCUT2D eigenvalue weighted by molar-refractivity contribution is 0.414. The van der Waals surface area contributed by atoms with Crippen molar-refractivity contribution >= 4 is 5.65 Å². The van der Waals surface area contributed by atoms with Crippen molar-refractivity contribution in [3.63, 3.8) is 0 Å². The predicted octanol–water partition coefficient (Wildman–Crippen LogP) is 2.34. The molecule has 0 bridgehead atoms. The van der Waals surface area contributed by atoms with E-state index in [0.29, 0.717) is 6.42 Å². The zero-order valence-electron chi connectivity index (χ0n) is 11.4. The normalized spacial score (nSPS) is 10.7. The second-order valence-electron chi connectivity index (χ2n) is 4.44. The number of ether oxygens (including phenoxy) is 2. The maximum absolute atomic E-state index is 5.23. The number of aromatic nitrogens is 3. The summed E-state index contributed by atoms with van der Waals surface area (Å²) in [4.78, 5) is 0. The van der Waals surface area contributed by atoms with Crippen LogP contribution in [0.25, 0.3) is 5.65 Å². The lowest BCUT2D eigenvalue weighted by atomic mass is 10.1. The number of fused-ring (bicyclic) bond motifs is 1. The fourth-order valence-corrected chi connectivity index (χ4v) is 2.13. The lowest BCUT2D eigenvalue weighted by Crippen LogP contribution is -1.97. The van der Waals surface area contributed by atoms with Crippen LogP contribution in [-0.4, -0.2) is 28.8 Å². The van der Waals surface area contributed by atoms with Gasteiger partial charge >= 0.3 is 0 Å². The van der Waals surface area contributed by atoms with Crippen LogP contribution in [0.2, 0.25) is 0 Å². The highest BCUT2D eigenvalue weighted by molar-refractivity contribution is 5.44. The molecule has 0 saturated carbocycles. The van der Waals surface area contributed by atoms with Gasteiger partial charge in [-0.3, -0.25) is 4.40 Å². The number of hydrogen-bond acceptors (Lipinski definition) is 4. The fraction of sp³-hybridized carbons (Fsp3) is 0.200. The molecular formula is C15H15N3O2. The molecule has 0 N–H and O–H groups in total. The third-order valence-electron chi connectivity index (χ3n) is 3.18. The van der Waals surface area contributed by atoms with Crippen molar-refractivity contribution in [3.05, 3.63) is 54.0 Å². The quantitative estimate of drug-likeness (QED) is 0.729. The van der Waals surface area contributed by atoms with E-state index in [2.05, 4.69) is 10.2 Å². The Morgan fingerprint density at radius 2 is 1.80 bits per heavy atom. The van der Waals surface area contributed by atoms with E-state index >= 15 is 0 Å². The number of nitrogens with zero attached hydrogens (tertiary/aromatic N) is 3. The van der Waals surface area contributed by atoms with Crippen LogP contribution in [0.5, 0.6) is 11.5 Å². The van der Waals surface area contributed by atoms with E-state index in [-0.39, 0.29) is 0 Å². The standard InChI is InChI=1S/C15H15N3O2/c1-19-12-5-3-4-11(8-12)9-14-16-17-15-10-13(20-2)6-7-18(14)15/h3-8,10H,9H2,1-2H3. The largest absolute Gasteiger partial charge is 0.497 e. The molecule has 2 heterocycles. The highest BCUT2D eigenvalue weighted by atomic mass is 16.5. The van der Waals surface area contributed by atoms with Crippen LogP contribution in [-0.2, 0) is 6.42 Å². The monoisotopic (exact) mass is 269 g/mol. The molecule has 1 aromatic carbocycles. The summed E-state index contributed by atoms with van der Waals surface area (Å²) in [6, 6.07) is 11.7. The Bertz CT molecular complexity index is 737. The summed E-state index contributed by atoms with van der Waals surface area (Å²) in [6.45, 7) is 0. The second kappa shape index (κ2) is 5.21. The van der Waals surface area contributed by atoms with Crippen molar-refractivity contribution < 1.29 is 9.47 Å². The summed E-state index contributed by atoms with van der Waals surface area (Å²) < 4.78 is 12.4. The summed E-state index contributed by atoms with van der Waals surface area (Å²) in [6.07, 6.45) is 2.62. The minimum absolute atomic E-state index is 0.699. The lowest BCUT2D eigenvalue weighted by Gasteiger charge is -2.04. The first-order valence-electron chi connectivity index (χ1n) is 6.31. The summed E-state index contributed by atoms with van der Waals surface area (Å²) in [5.41, 5.74) is 1.91. The topological polar surface area (TPSA) is 48.7 Å². The molecule has 2 aromatic heterocycles. The number of benzene rings is 1. The highest BCUT2D eigenvalue weighted by Gasteiger charge is 2.07. The van der Waals surface area contributed by atoms with Crippen LogP contribution in [0.1, 0.15) is 11.4 Å². The van der Waals surface area contributed by atoms with Gasteiger partial charge in [-0.25, -0.2) is 0 Å². The molecule has 0 amide bonds. The molecule has 0 aliphatic carbocycles. The van der Waals surface area contributed by atoms with E-state index in [9.17, 15) is 0 Å². The van der Waals surface area contributed by atoms with E-state index in [1.165, 1.54) is 0 Å². The van der Waals surface area contributed by atoms with Gasteiger partial charge in [-0.2, -0.15) is 0 Å². The zero-order valence-corrected chi connectivity index (χ0v) is 11.4. The van der Waals surface area contributed by atoms with Gasteiger partial charge in [0.15, 0.2) is 5.65 Å². The molecule has 20 heavy (non-hydrogen) atoms. The third-order valence-corrected chi connectivity index (χ3v) is 3.18. The van der Waals surface area contributed by atoms with Crippen molar-refractivity contribution in [1.82, 2.24) is 14.6 Å². The highest BCUT2D eigenvalue weighted by Crippen LogP contribution is 2.18. The molecule has 3 rings (SSSR count). The first kappa shape index (κ1) is 12.5. The summed E-state index contributed by atoms with van der Waals surface area (Å²) in [7, 11) is 3.30. The van der Waals surface area contributed by atoms with Gasteiger partial charge in [0.1, 0.15) is 17.3 Å². The number of hydrogen-bond donors (Lipinski definition) is 0. The molecule has 3 aromatic rings. The average molecular weight is 269 g/mol. The van der Waals surface area contributed by atoms with E-state index in [0.717, 1.165) is 28.5 Å². The molecular weight excluding hydrogens is 254 g/mol. The smallest absolute Gasteiger partial charge is 0.164 e. The Hall–Kier alpha value is -2.56.